The SMILES string of the molecule is CCNc1ccc(C)cc1C(=O)N1CC(C)C(C)C1. The summed E-state index contributed by atoms with van der Waals surface area (Å²) < 4.78 is 0. The second kappa shape index (κ2) is 5.64. The predicted molar refractivity (Wildman–Crippen MR) is 79.6 cm³/mol. The zero-order valence-corrected chi connectivity index (χ0v) is 12.4. The number of benzene rings is 1. The highest BCUT2D eigenvalue weighted by atomic mass is 16.2. The number of anilines is 1. The first-order chi connectivity index (χ1) is 9.02. The highest BCUT2D eigenvalue weighted by molar-refractivity contribution is 6.00. The van der Waals surface area contributed by atoms with Gasteiger partial charge in [0.2, 0.25) is 0 Å². The molecule has 19 heavy (non-hydrogen) atoms. The van der Waals surface area contributed by atoms with Gasteiger partial charge in [0.05, 0.1) is 5.56 Å². The Labute approximate surface area is 116 Å². The van der Waals surface area contributed by atoms with Crippen LogP contribution >= 0.6 is 0 Å². The van der Waals surface area contributed by atoms with E-state index in [1.165, 1.54) is 0 Å². The lowest BCUT2D eigenvalue weighted by Crippen LogP contribution is -2.29. The molecule has 0 radical (unpaired) electrons. The number of carbonyl (C=O) groups is 1. The van der Waals surface area contributed by atoms with Crippen molar-refractivity contribution < 1.29 is 4.79 Å². The van der Waals surface area contributed by atoms with Crippen molar-refractivity contribution in [3.8, 4) is 0 Å². The van der Waals surface area contributed by atoms with Gasteiger partial charge >= 0.3 is 0 Å². The summed E-state index contributed by atoms with van der Waals surface area (Å²) >= 11 is 0. The van der Waals surface area contributed by atoms with E-state index in [-0.39, 0.29) is 5.91 Å². The highest BCUT2D eigenvalue weighted by Gasteiger charge is 2.30. The van der Waals surface area contributed by atoms with Crippen molar-refractivity contribution in [3.05, 3.63) is 29.3 Å². The Morgan fingerprint density at radius 2 is 1.95 bits per heavy atom. The van der Waals surface area contributed by atoms with E-state index in [4.69, 9.17) is 0 Å². The van der Waals surface area contributed by atoms with Crippen molar-refractivity contribution in [1.82, 2.24) is 4.90 Å². The van der Waals surface area contributed by atoms with Crippen molar-refractivity contribution in [1.29, 1.82) is 0 Å². The molecule has 1 aromatic carbocycles. The van der Waals surface area contributed by atoms with Crippen LogP contribution in [0.2, 0.25) is 0 Å². The number of aryl methyl sites for hydroxylation is 1. The molecule has 2 atom stereocenters. The van der Waals surface area contributed by atoms with Gasteiger partial charge in [-0.3, -0.25) is 4.79 Å². The van der Waals surface area contributed by atoms with Crippen molar-refractivity contribution in [3.63, 3.8) is 0 Å². The van der Waals surface area contributed by atoms with E-state index in [2.05, 4.69) is 19.2 Å². The lowest BCUT2D eigenvalue weighted by molar-refractivity contribution is 0.0786. The molecule has 1 amide bonds. The number of nitrogens with one attached hydrogen (secondary N) is 1. The molecule has 0 aliphatic carbocycles. The van der Waals surface area contributed by atoms with Crippen LogP contribution in [0.3, 0.4) is 0 Å². The number of hydrogen-bond donors (Lipinski definition) is 1. The number of amides is 1. The summed E-state index contributed by atoms with van der Waals surface area (Å²) in [4.78, 5) is 14.7. The van der Waals surface area contributed by atoms with Crippen molar-refractivity contribution >= 4 is 11.6 Å². The number of carbonyl (C=O) groups excluding carboxylic acids is 1. The third kappa shape index (κ3) is 2.91. The molecule has 1 heterocycles. The van der Waals surface area contributed by atoms with Crippen LogP contribution in [0.15, 0.2) is 18.2 Å². The molecule has 1 aliphatic rings. The Balaban J connectivity index is 2.25. The van der Waals surface area contributed by atoms with Crippen LogP contribution in [-0.4, -0.2) is 30.4 Å². The van der Waals surface area contributed by atoms with E-state index in [1.54, 1.807) is 0 Å². The van der Waals surface area contributed by atoms with Crippen molar-refractivity contribution in [2.45, 2.75) is 27.7 Å². The molecule has 0 saturated carbocycles. The summed E-state index contributed by atoms with van der Waals surface area (Å²) in [5.41, 5.74) is 2.89. The zero-order chi connectivity index (χ0) is 14.0. The van der Waals surface area contributed by atoms with Crippen LogP contribution in [0.4, 0.5) is 5.69 Å². The number of rotatable bonds is 3. The molecule has 104 valence electrons. The minimum Gasteiger partial charge on any atom is -0.385 e. The third-order valence-electron chi connectivity index (χ3n) is 4.05. The van der Waals surface area contributed by atoms with Crippen LogP contribution in [0.5, 0.6) is 0 Å². The first kappa shape index (κ1) is 13.9. The molecule has 1 N–H and O–H groups in total. The van der Waals surface area contributed by atoms with Crippen LogP contribution < -0.4 is 5.32 Å². The maximum atomic E-state index is 12.7. The first-order valence-electron chi connectivity index (χ1n) is 7.16. The molecule has 2 rings (SSSR count). The molecule has 1 aromatic rings. The Bertz CT molecular complexity index is 460. The minimum atomic E-state index is 0.163. The smallest absolute Gasteiger partial charge is 0.255 e. The molecule has 0 aromatic heterocycles. The van der Waals surface area contributed by atoms with E-state index >= 15 is 0 Å². The van der Waals surface area contributed by atoms with Crippen LogP contribution in [-0.2, 0) is 0 Å². The van der Waals surface area contributed by atoms with Crippen molar-refractivity contribution in [2.75, 3.05) is 25.0 Å². The predicted octanol–water partition coefficient (Wildman–Crippen LogP) is 3.15. The average molecular weight is 260 g/mol. The third-order valence-corrected chi connectivity index (χ3v) is 4.05. The van der Waals surface area contributed by atoms with Gasteiger partial charge in [-0.05, 0) is 37.8 Å². The van der Waals surface area contributed by atoms with Gasteiger partial charge in [-0.25, -0.2) is 0 Å². The summed E-state index contributed by atoms with van der Waals surface area (Å²) in [6.45, 7) is 11.1. The molecule has 3 nitrogen and oxygen atoms in total. The molecular formula is C16H24N2O. The summed E-state index contributed by atoms with van der Waals surface area (Å²) in [6, 6.07) is 6.05. The Morgan fingerprint density at radius 3 is 2.53 bits per heavy atom. The van der Waals surface area contributed by atoms with Gasteiger partial charge in [0.1, 0.15) is 0 Å². The summed E-state index contributed by atoms with van der Waals surface area (Å²) in [6.07, 6.45) is 0. The lowest BCUT2D eigenvalue weighted by atomic mass is 10.0. The fraction of sp³-hybridized carbons (Fsp3) is 0.562. The molecular weight excluding hydrogens is 236 g/mol. The number of hydrogen-bond acceptors (Lipinski definition) is 2. The quantitative estimate of drug-likeness (QED) is 0.905. The Kier molecular flexibility index (Phi) is 4.13. The minimum absolute atomic E-state index is 0.163. The van der Waals surface area contributed by atoms with E-state index in [1.807, 2.05) is 36.9 Å². The second-order valence-corrected chi connectivity index (χ2v) is 5.74. The monoisotopic (exact) mass is 260 g/mol. The normalized spacial score (nSPS) is 22.6. The largest absolute Gasteiger partial charge is 0.385 e. The van der Waals surface area contributed by atoms with E-state index < -0.39 is 0 Å². The molecule has 1 fully saturated rings. The second-order valence-electron chi connectivity index (χ2n) is 5.74. The summed E-state index contributed by atoms with van der Waals surface area (Å²) in [5.74, 6) is 1.35. The fourth-order valence-corrected chi connectivity index (χ4v) is 2.65. The van der Waals surface area contributed by atoms with Gasteiger partial charge < -0.3 is 10.2 Å². The van der Waals surface area contributed by atoms with Crippen LogP contribution in [0, 0.1) is 18.8 Å². The van der Waals surface area contributed by atoms with Gasteiger partial charge in [0.25, 0.3) is 5.91 Å². The molecule has 0 bridgehead atoms. The van der Waals surface area contributed by atoms with Crippen LogP contribution in [0.1, 0.15) is 36.7 Å². The standard InChI is InChI=1S/C16H24N2O/c1-5-17-15-7-6-11(2)8-14(15)16(19)18-9-12(3)13(4)10-18/h6-8,12-13,17H,5,9-10H2,1-4H3. The Hall–Kier alpha value is -1.51. The van der Waals surface area contributed by atoms with E-state index in [9.17, 15) is 4.79 Å². The van der Waals surface area contributed by atoms with E-state index in [0.717, 1.165) is 36.4 Å². The zero-order valence-electron chi connectivity index (χ0n) is 12.4. The van der Waals surface area contributed by atoms with E-state index in [0.29, 0.717) is 11.8 Å². The molecule has 1 aliphatic heterocycles. The first-order valence-corrected chi connectivity index (χ1v) is 7.16. The van der Waals surface area contributed by atoms with Gasteiger partial charge in [0.15, 0.2) is 0 Å². The summed E-state index contributed by atoms with van der Waals surface area (Å²) in [5, 5.41) is 3.28. The number of likely N-dealkylation sites (tertiary alicyclic amines) is 1. The molecule has 0 spiro atoms. The average Bonchev–Trinajstić information content (AvgIpc) is 2.71. The summed E-state index contributed by atoms with van der Waals surface area (Å²) in [7, 11) is 0. The highest BCUT2D eigenvalue weighted by Crippen LogP contribution is 2.26. The molecule has 3 heteroatoms. The maximum absolute atomic E-state index is 12.7. The Morgan fingerprint density at radius 1 is 1.32 bits per heavy atom. The van der Waals surface area contributed by atoms with Gasteiger partial charge in [-0.15, -0.1) is 0 Å². The van der Waals surface area contributed by atoms with Gasteiger partial charge in [-0.1, -0.05) is 25.5 Å². The lowest BCUT2D eigenvalue weighted by Gasteiger charge is -2.19. The van der Waals surface area contributed by atoms with Crippen molar-refractivity contribution in [2.24, 2.45) is 11.8 Å². The maximum Gasteiger partial charge on any atom is 0.255 e. The van der Waals surface area contributed by atoms with Crippen LogP contribution in [0.25, 0.3) is 0 Å². The number of nitrogens with zero attached hydrogens (tertiary/aromatic N) is 1. The topological polar surface area (TPSA) is 32.3 Å². The van der Waals surface area contributed by atoms with Gasteiger partial charge in [-0.2, -0.15) is 0 Å². The molecule has 1 saturated heterocycles. The molecule has 2 unspecified atom stereocenters. The van der Waals surface area contributed by atoms with Gasteiger partial charge in [0, 0.05) is 25.3 Å². The fourth-order valence-electron chi connectivity index (χ4n) is 2.65.